The van der Waals surface area contributed by atoms with E-state index in [1.54, 1.807) is 6.33 Å². The van der Waals surface area contributed by atoms with Crippen LogP contribution in [0.15, 0.2) is 23.0 Å². The van der Waals surface area contributed by atoms with E-state index < -0.39 is 0 Å². The Morgan fingerprint density at radius 1 is 1.12 bits per heavy atom. The Labute approximate surface area is 152 Å². The second kappa shape index (κ2) is 6.35. The Kier molecular flexibility index (Phi) is 4.14. The molecular weight excluding hydrogens is 330 g/mol. The van der Waals surface area contributed by atoms with Gasteiger partial charge in [-0.1, -0.05) is 20.8 Å². The number of anilines is 1. The van der Waals surface area contributed by atoms with Crippen molar-refractivity contribution in [3.63, 3.8) is 0 Å². The molecular formula is C18H25N7O. The summed E-state index contributed by atoms with van der Waals surface area (Å²) in [5.41, 5.74) is 0.948. The highest BCUT2D eigenvalue weighted by Gasteiger charge is 2.23. The molecule has 3 aromatic rings. The quantitative estimate of drug-likeness (QED) is 0.711. The first-order valence-electron chi connectivity index (χ1n) is 9.00. The molecule has 26 heavy (non-hydrogen) atoms. The molecule has 1 fully saturated rings. The van der Waals surface area contributed by atoms with Gasteiger partial charge in [0.15, 0.2) is 0 Å². The zero-order valence-corrected chi connectivity index (χ0v) is 15.8. The SMILES string of the molecule is Cc1cc(N2CCN(Cc3ncc(C(C)(C)C)o3)CC2)n2ncnc2n1. The summed E-state index contributed by atoms with van der Waals surface area (Å²) in [6.45, 7) is 12.9. The first-order valence-corrected chi connectivity index (χ1v) is 9.00. The molecule has 138 valence electrons. The average molecular weight is 355 g/mol. The summed E-state index contributed by atoms with van der Waals surface area (Å²) >= 11 is 0. The van der Waals surface area contributed by atoms with Gasteiger partial charge < -0.3 is 9.32 Å². The van der Waals surface area contributed by atoms with Crippen molar-refractivity contribution in [1.29, 1.82) is 0 Å². The number of oxazole rings is 1. The summed E-state index contributed by atoms with van der Waals surface area (Å²) in [6.07, 6.45) is 3.41. The summed E-state index contributed by atoms with van der Waals surface area (Å²) in [7, 11) is 0. The highest BCUT2D eigenvalue weighted by molar-refractivity contribution is 5.47. The summed E-state index contributed by atoms with van der Waals surface area (Å²) < 4.78 is 7.74. The van der Waals surface area contributed by atoms with Crippen LogP contribution < -0.4 is 4.90 Å². The lowest BCUT2D eigenvalue weighted by Crippen LogP contribution is -2.46. The monoisotopic (exact) mass is 355 g/mol. The van der Waals surface area contributed by atoms with Crippen LogP contribution in [0.2, 0.25) is 0 Å². The predicted molar refractivity (Wildman–Crippen MR) is 98.2 cm³/mol. The van der Waals surface area contributed by atoms with Gasteiger partial charge >= 0.3 is 0 Å². The fourth-order valence-electron chi connectivity index (χ4n) is 3.19. The van der Waals surface area contributed by atoms with Gasteiger partial charge in [0, 0.05) is 43.4 Å². The number of hydrogen-bond donors (Lipinski definition) is 0. The molecule has 0 radical (unpaired) electrons. The maximum Gasteiger partial charge on any atom is 0.254 e. The number of fused-ring (bicyclic) bond motifs is 1. The van der Waals surface area contributed by atoms with E-state index in [1.807, 2.05) is 17.6 Å². The molecule has 0 N–H and O–H groups in total. The Morgan fingerprint density at radius 2 is 1.88 bits per heavy atom. The third-order valence-corrected chi connectivity index (χ3v) is 4.71. The summed E-state index contributed by atoms with van der Waals surface area (Å²) in [5.74, 6) is 3.43. The molecule has 4 heterocycles. The van der Waals surface area contributed by atoms with Gasteiger partial charge in [-0.3, -0.25) is 4.90 Å². The van der Waals surface area contributed by atoms with Gasteiger partial charge in [-0.15, -0.1) is 0 Å². The Hall–Kier alpha value is -2.48. The maximum absolute atomic E-state index is 5.93. The minimum Gasteiger partial charge on any atom is -0.444 e. The fourth-order valence-corrected chi connectivity index (χ4v) is 3.19. The molecule has 0 aromatic carbocycles. The molecule has 0 bridgehead atoms. The molecule has 0 spiro atoms. The standard InChI is InChI=1S/C18H25N7O/c1-13-9-16(25-17(22-13)20-12-21-25)24-7-5-23(6-8-24)11-15-19-10-14(26-15)18(2,3)4/h9-10,12H,5-8,11H2,1-4H3. The van der Waals surface area contributed by atoms with Gasteiger partial charge in [0.1, 0.15) is 17.9 Å². The van der Waals surface area contributed by atoms with Crippen molar-refractivity contribution in [3.8, 4) is 0 Å². The molecule has 0 amide bonds. The van der Waals surface area contributed by atoms with Crippen molar-refractivity contribution in [1.82, 2.24) is 29.5 Å². The maximum atomic E-state index is 5.93. The van der Waals surface area contributed by atoms with Crippen molar-refractivity contribution in [2.24, 2.45) is 0 Å². The lowest BCUT2D eigenvalue weighted by molar-refractivity contribution is 0.220. The normalized spacial score (nSPS) is 16.5. The van der Waals surface area contributed by atoms with Gasteiger partial charge in [-0.2, -0.15) is 14.6 Å². The van der Waals surface area contributed by atoms with E-state index in [4.69, 9.17) is 4.42 Å². The number of aromatic nitrogens is 5. The number of nitrogens with zero attached hydrogens (tertiary/aromatic N) is 7. The van der Waals surface area contributed by atoms with E-state index in [9.17, 15) is 0 Å². The predicted octanol–water partition coefficient (Wildman–Crippen LogP) is 2.04. The number of rotatable bonds is 3. The zero-order chi connectivity index (χ0) is 18.3. The Bertz CT molecular complexity index is 900. The molecule has 0 aliphatic carbocycles. The molecule has 4 rings (SSSR count). The number of aryl methyl sites for hydroxylation is 1. The van der Waals surface area contributed by atoms with Crippen LogP contribution in [-0.2, 0) is 12.0 Å². The average Bonchev–Trinajstić information content (AvgIpc) is 3.23. The number of piperazine rings is 1. The van der Waals surface area contributed by atoms with E-state index in [0.717, 1.165) is 55.9 Å². The van der Waals surface area contributed by atoms with Crippen LogP contribution in [0.1, 0.15) is 38.1 Å². The molecule has 8 nitrogen and oxygen atoms in total. The molecule has 8 heteroatoms. The molecule has 0 saturated carbocycles. The second-order valence-electron chi connectivity index (χ2n) is 7.86. The largest absolute Gasteiger partial charge is 0.444 e. The first-order chi connectivity index (χ1) is 12.4. The summed E-state index contributed by atoms with van der Waals surface area (Å²) in [5, 5.41) is 4.31. The fraction of sp³-hybridized carbons (Fsp3) is 0.556. The third kappa shape index (κ3) is 3.29. The van der Waals surface area contributed by atoms with Crippen molar-refractivity contribution in [2.75, 3.05) is 31.1 Å². The summed E-state index contributed by atoms with van der Waals surface area (Å²) in [4.78, 5) is 17.8. The van der Waals surface area contributed by atoms with Gasteiger partial charge in [-0.05, 0) is 6.92 Å². The van der Waals surface area contributed by atoms with E-state index in [-0.39, 0.29) is 5.41 Å². The van der Waals surface area contributed by atoms with Crippen LogP contribution in [0, 0.1) is 6.92 Å². The lowest BCUT2D eigenvalue weighted by atomic mass is 9.94. The van der Waals surface area contributed by atoms with Gasteiger partial charge in [0.25, 0.3) is 5.78 Å². The van der Waals surface area contributed by atoms with E-state index >= 15 is 0 Å². The smallest absolute Gasteiger partial charge is 0.254 e. The van der Waals surface area contributed by atoms with Crippen molar-refractivity contribution in [3.05, 3.63) is 35.9 Å². The van der Waals surface area contributed by atoms with Crippen LogP contribution in [0.3, 0.4) is 0 Å². The topological polar surface area (TPSA) is 75.6 Å². The minimum absolute atomic E-state index is 0.00761. The van der Waals surface area contributed by atoms with Crippen molar-refractivity contribution < 1.29 is 4.42 Å². The third-order valence-electron chi connectivity index (χ3n) is 4.71. The molecule has 1 aliphatic rings. The molecule has 0 unspecified atom stereocenters. The molecule has 3 aromatic heterocycles. The van der Waals surface area contributed by atoms with Crippen LogP contribution in [0.25, 0.3) is 5.78 Å². The van der Waals surface area contributed by atoms with Gasteiger partial charge in [0.05, 0.1) is 12.7 Å². The zero-order valence-electron chi connectivity index (χ0n) is 15.8. The Balaban J connectivity index is 1.42. The highest BCUT2D eigenvalue weighted by atomic mass is 16.4. The van der Waals surface area contributed by atoms with Crippen LogP contribution >= 0.6 is 0 Å². The van der Waals surface area contributed by atoms with Crippen molar-refractivity contribution >= 4 is 11.6 Å². The first kappa shape index (κ1) is 17.0. The van der Waals surface area contributed by atoms with Crippen LogP contribution in [-0.4, -0.2) is 55.6 Å². The van der Waals surface area contributed by atoms with Crippen molar-refractivity contribution in [2.45, 2.75) is 39.7 Å². The number of hydrogen-bond acceptors (Lipinski definition) is 7. The molecule has 1 aliphatic heterocycles. The van der Waals surface area contributed by atoms with Gasteiger partial charge in [0.2, 0.25) is 5.89 Å². The molecule has 1 saturated heterocycles. The lowest BCUT2D eigenvalue weighted by Gasteiger charge is -2.35. The van der Waals surface area contributed by atoms with Crippen LogP contribution in [0.4, 0.5) is 5.82 Å². The van der Waals surface area contributed by atoms with E-state index in [0.29, 0.717) is 5.78 Å². The minimum atomic E-state index is -0.00761. The highest BCUT2D eigenvalue weighted by Crippen LogP contribution is 2.24. The Morgan fingerprint density at radius 3 is 2.58 bits per heavy atom. The second-order valence-corrected chi connectivity index (χ2v) is 7.86. The van der Waals surface area contributed by atoms with Crippen LogP contribution in [0.5, 0.6) is 0 Å². The molecule has 0 atom stereocenters. The summed E-state index contributed by atoms with van der Waals surface area (Å²) in [6, 6.07) is 2.07. The van der Waals surface area contributed by atoms with E-state index in [2.05, 4.69) is 56.7 Å². The van der Waals surface area contributed by atoms with Gasteiger partial charge in [-0.25, -0.2) is 9.97 Å². The van der Waals surface area contributed by atoms with E-state index in [1.165, 1.54) is 0 Å².